The number of ether oxygens (including phenoxy) is 1. The summed E-state index contributed by atoms with van der Waals surface area (Å²) < 4.78 is 5.27. The fraction of sp³-hybridized carbons (Fsp3) is 0.333. The molecule has 0 aliphatic carbocycles. The van der Waals surface area contributed by atoms with Gasteiger partial charge in [-0.15, -0.1) is 0 Å². The Morgan fingerprint density at radius 1 is 1.21 bits per heavy atom. The molecule has 2 amide bonds. The van der Waals surface area contributed by atoms with E-state index >= 15 is 0 Å². The minimum absolute atomic E-state index is 0.163. The van der Waals surface area contributed by atoms with Crippen molar-refractivity contribution in [3.63, 3.8) is 0 Å². The van der Waals surface area contributed by atoms with Crippen LogP contribution in [0.5, 0.6) is 0 Å². The summed E-state index contributed by atoms with van der Waals surface area (Å²) in [6.45, 7) is 3.67. The predicted molar refractivity (Wildman–Crippen MR) is 123 cm³/mol. The number of likely N-dealkylation sites (N-methyl/N-ethyl adjacent to an activating group) is 1. The first-order chi connectivity index (χ1) is 15.8. The van der Waals surface area contributed by atoms with Crippen molar-refractivity contribution in [1.82, 2.24) is 9.80 Å². The van der Waals surface area contributed by atoms with Gasteiger partial charge in [-0.1, -0.05) is 41.9 Å². The minimum Gasteiger partial charge on any atom is -0.461 e. The van der Waals surface area contributed by atoms with Crippen LogP contribution in [0.15, 0.2) is 53.6 Å². The van der Waals surface area contributed by atoms with E-state index in [1.165, 1.54) is 0 Å². The van der Waals surface area contributed by atoms with Crippen molar-refractivity contribution in [2.24, 2.45) is 5.10 Å². The Bertz CT molecular complexity index is 1200. The highest BCUT2D eigenvalue weighted by Crippen LogP contribution is 2.52. The molecule has 170 valence electrons. The molecule has 0 aromatic heterocycles. The summed E-state index contributed by atoms with van der Waals surface area (Å²) in [4.78, 5) is 43.0. The Labute approximate surface area is 196 Å². The third-order valence-electron chi connectivity index (χ3n) is 6.65. The first-order valence-electron chi connectivity index (χ1n) is 10.8. The standard InChI is InChI=1S/C24H23ClN4O4/c1-4-33-22(32)18-13-24(15-8-6-5-7-9-15)23-27(3)20(30)14(2)28(23)21(31)17-12-16(25)10-11-19(17)29(24)26-18/h5-12,14,23H,4,13H2,1-3H3/t14-,23+,24-/m0/s1. The molecule has 2 aromatic carbocycles. The SMILES string of the molecule is CCOC(=O)C1=NN2c3ccc(Cl)cc3C(=O)N3[C@@H](N(C)C(=O)[C@@H]3C)[C@@]2(c2ccccc2)C1. The van der Waals surface area contributed by atoms with E-state index in [4.69, 9.17) is 21.4 Å². The number of carbonyl (C=O) groups excluding carboxylic acids is 3. The molecule has 0 N–H and O–H groups in total. The van der Waals surface area contributed by atoms with Crippen LogP contribution in [-0.4, -0.2) is 59.2 Å². The van der Waals surface area contributed by atoms with E-state index in [0.717, 1.165) is 5.56 Å². The Hall–Kier alpha value is -3.39. The lowest BCUT2D eigenvalue weighted by atomic mass is 9.81. The molecule has 0 spiro atoms. The highest BCUT2D eigenvalue weighted by atomic mass is 35.5. The monoisotopic (exact) mass is 466 g/mol. The topological polar surface area (TPSA) is 82.5 Å². The average Bonchev–Trinajstić information content (AvgIpc) is 3.29. The molecule has 0 unspecified atom stereocenters. The van der Waals surface area contributed by atoms with Crippen LogP contribution in [0.4, 0.5) is 5.69 Å². The van der Waals surface area contributed by atoms with Gasteiger partial charge in [0.25, 0.3) is 5.91 Å². The number of hydrazone groups is 1. The molecule has 9 heteroatoms. The Morgan fingerprint density at radius 3 is 2.64 bits per heavy atom. The van der Waals surface area contributed by atoms with E-state index in [9.17, 15) is 14.4 Å². The number of nitrogens with zero attached hydrogens (tertiary/aromatic N) is 4. The number of halogens is 1. The lowest BCUT2D eigenvalue weighted by Gasteiger charge is -2.45. The number of fused-ring (bicyclic) bond motifs is 5. The number of hydrogen-bond acceptors (Lipinski definition) is 6. The summed E-state index contributed by atoms with van der Waals surface area (Å²) >= 11 is 6.27. The predicted octanol–water partition coefficient (Wildman–Crippen LogP) is 3.01. The second-order valence-electron chi connectivity index (χ2n) is 8.42. The third-order valence-corrected chi connectivity index (χ3v) is 6.89. The van der Waals surface area contributed by atoms with Gasteiger partial charge in [-0.25, -0.2) is 9.80 Å². The number of hydrogen-bond donors (Lipinski definition) is 0. The maximum absolute atomic E-state index is 13.8. The molecule has 3 heterocycles. The highest BCUT2D eigenvalue weighted by molar-refractivity contribution is 6.38. The lowest BCUT2D eigenvalue weighted by molar-refractivity contribution is -0.135. The number of amides is 2. The first kappa shape index (κ1) is 21.5. The fourth-order valence-electron chi connectivity index (χ4n) is 5.25. The van der Waals surface area contributed by atoms with Gasteiger partial charge in [0.05, 0.1) is 17.9 Å². The Morgan fingerprint density at radius 2 is 1.94 bits per heavy atom. The van der Waals surface area contributed by atoms with Crippen LogP contribution in [-0.2, 0) is 19.9 Å². The van der Waals surface area contributed by atoms with Crippen molar-refractivity contribution in [3.05, 3.63) is 64.7 Å². The summed E-state index contributed by atoms with van der Waals surface area (Å²) in [5.74, 6) is -1.01. The second-order valence-corrected chi connectivity index (χ2v) is 8.86. The van der Waals surface area contributed by atoms with Crippen molar-refractivity contribution < 1.29 is 19.1 Å². The zero-order chi connectivity index (χ0) is 23.5. The third kappa shape index (κ3) is 2.90. The summed E-state index contributed by atoms with van der Waals surface area (Å²) in [5, 5.41) is 6.81. The summed E-state index contributed by atoms with van der Waals surface area (Å²) in [6, 6.07) is 13.9. The van der Waals surface area contributed by atoms with Crippen molar-refractivity contribution in [3.8, 4) is 0 Å². The number of carbonyl (C=O) groups is 3. The van der Waals surface area contributed by atoms with E-state index in [1.807, 2.05) is 30.3 Å². The van der Waals surface area contributed by atoms with E-state index < -0.39 is 23.7 Å². The maximum atomic E-state index is 13.8. The molecule has 1 fully saturated rings. The van der Waals surface area contributed by atoms with Gasteiger partial charge in [-0.2, -0.15) is 5.10 Å². The molecule has 0 saturated carbocycles. The van der Waals surface area contributed by atoms with Crippen molar-refractivity contribution >= 4 is 40.8 Å². The van der Waals surface area contributed by atoms with E-state index in [1.54, 1.807) is 53.9 Å². The second kappa shape index (κ2) is 7.59. The molecule has 3 aliphatic rings. The summed E-state index contributed by atoms with van der Waals surface area (Å²) in [7, 11) is 1.69. The highest BCUT2D eigenvalue weighted by Gasteiger charge is 2.63. The number of benzene rings is 2. The molecule has 8 nitrogen and oxygen atoms in total. The van der Waals surface area contributed by atoms with Crippen LogP contribution in [0, 0.1) is 0 Å². The zero-order valence-electron chi connectivity index (χ0n) is 18.5. The van der Waals surface area contributed by atoms with Crippen molar-refractivity contribution in [2.45, 2.75) is 38.0 Å². The largest absolute Gasteiger partial charge is 0.461 e. The fourth-order valence-corrected chi connectivity index (χ4v) is 5.42. The normalized spacial score (nSPS) is 25.9. The van der Waals surface area contributed by atoms with Crippen molar-refractivity contribution in [2.75, 3.05) is 18.7 Å². The smallest absolute Gasteiger partial charge is 0.354 e. The number of anilines is 1. The lowest BCUT2D eigenvalue weighted by Crippen LogP contribution is -2.59. The molecular weight excluding hydrogens is 444 g/mol. The Kier molecular flexibility index (Phi) is 4.93. The van der Waals surface area contributed by atoms with Crippen molar-refractivity contribution in [1.29, 1.82) is 0 Å². The minimum atomic E-state index is -1.03. The van der Waals surface area contributed by atoms with E-state index in [2.05, 4.69) is 0 Å². The van der Waals surface area contributed by atoms with Gasteiger partial charge < -0.3 is 14.5 Å². The van der Waals surface area contributed by atoms with Crippen LogP contribution < -0.4 is 5.01 Å². The van der Waals surface area contributed by atoms with Gasteiger partial charge in [0.2, 0.25) is 5.91 Å². The molecule has 0 radical (unpaired) electrons. The van der Waals surface area contributed by atoms with Crippen LogP contribution in [0.25, 0.3) is 0 Å². The molecular formula is C24H23ClN4O4. The summed E-state index contributed by atoms with van der Waals surface area (Å²) in [6.07, 6.45) is -0.548. The van der Waals surface area contributed by atoms with Gasteiger partial charge in [-0.05, 0) is 37.6 Å². The Balaban J connectivity index is 1.84. The molecule has 33 heavy (non-hydrogen) atoms. The zero-order valence-corrected chi connectivity index (χ0v) is 19.2. The van der Waals surface area contributed by atoms with Gasteiger partial charge in [0, 0.05) is 18.5 Å². The van der Waals surface area contributed by atoms with Gasteiger partial charge in [0.1, 0.15) is 23.5 Å². The van der Waals surface area contributed by atoms with Crippen LogP contribution in [0.2, 0.25) is 5.02 Å². The van der Waals surface area contributed by atoms with Crippen LogP contribution in [0.1, 0.15) is 36.2 Å². The quantitative estimate of drug-likeness (QED) is 0.649. The molecule has 3 aliphatic heterocycles. The molecule has 1 saturated heterocycles. The summed E-state index contributed by atoms with van der Waals surface area (Å²) in [5.41, 5.74) is 0.876. The first-order valence-corrected chi connectivity index (χ1v) is 11.2. The number of esters is 1. The van der Waals surface area contributed by atoms with Crippen LogP contribution >= 0.6 is 11.6 Å². The van der Waals surface area contributed by atoms with Crippen LogP contribution in [0.3, 0.4) is 0 Å². The van der Waals surface area contributed by atoms with Gasteiger partial charge in [0.15, 0.2) is 0 Å². The molecule has 0 bridgehead atoms. The van der Waals surface area contributed by atoms with Gasteiger partial charge >= 0.3 is 5.97 Å². The van der Waals surface area contributed by atoms with E-state index in [-0.39, 0.29) is 30.6 Å². The molecule has 5 rings (SSSR count). The van der Waals surface area contributed by atoms with Gasteiger partial charge in [-0.3, -0.25) is 9.59 Å². The maximum Gasteiger partial charge on any atom is 0.354 e. The molecule has 3 atom stereocenters. The van der Waals surface area contributed by atoms with E-state index in [0.29, 0.717) is 16.3 Å². The number of rotatable bonds is 3. The average molecular weight is 467 g/mol. The molecule has 2 aromatic rings.